The van der Waals surface area contributed by atoms with E-state index in [1.807, 2.05) is 48.2 Å². The fourth-order valence-corrected chi connectivity index (χ4v) is 3.79. The van der Waals surface area contributed by atoms with Crippen molar-refractivity contribution in [2.75, 3.05) is 0 Å². The smallest absolute Gasteiger partial charge is 0.200 e. The Morgan fingerprint density at radius 2 is 1.82 bits per heavy atom. The zero-order valence-electron chi connectivity index (χ0n) is 15.3. The van der Waals surface area contributed by atoms with E-state index < -0.39 is 6.17 Å². The number of aliphatic imine (C=N–C) groups is 1. The maximum atomic E-state index is 6.50. The number of benzene rings is 2. The first kappa shape index (κ1) is 16.5. The number of imidazole rings is 2. The summed E-state index contributed by atoms with van der Waals surface area (Å²) in [5.41, 5.74) is 16.5. The van der Waals surface area contributed by atoms with Crippen LogP contribution >= 0.6 is 0 Å². The van der Waals surface area contributed by atoms with Crippen molar-refractivity contribution >= 4 is 22.8 Å². The molecular weight excluding hydrogens is 352 g/mol. The Labute approximate surface area is 161 Å². The molecule has 5 rings (SSSR count). The predicted molar refractivity (Wildman–Crippen MR) is 108 cm³/mol. The van der Waals surface area contributed by atoms with Crippen LogP contribution in [-0.2, 0) is 0 Å². The molecule has 0 saturated carbocycles. The molecule has 0 fully saturated rings. The van der Waals surface area contributed by atoms with Crippen LogP contribution in [0.2, 0.25) is 0 Å². The Hall–Kier alpha value is -3.65. The van der Waals surface area contributed by atoms with Crippen molar-refractivity contribution in [3.8, 4) is 5.69 Å². The lowest BCUT2D eigenvalue weighted by molar-refractivity contribution is 0.238. The fraction of sp³-hybridized carbons (Fsp3) is 0.150. The maximum absolute atomic E-state index is 6.50. The minimum atomic E-state index is -0.492. The highest BCUT2D eigenvalue weighted by Gasteiger charge is 2.34. The average molecular weight is 372 g/mol. The number of nitrogens with zero attached hydrogens (tertiary/aromatic N) is 5. The molecule has 2 atom stereocenters. The standard InChI is InChI=1S/C20H20N8/c1-12(27-17(21)16-18(24-11-23-16)26-20(27)22)19-25-14-9-5-6-10-15(14)28(19)13-7-3-2-4-8-13/h2-12,17H,21H2,1H3,(H2,22,26)(H,23,24). The van der Waals surface area contributed by atoms with Gasteiger partial charge in [-0.1, -0.05) is 30.3 Å². The fourth-order valence-electron chi connectivity index (χ4n) is 3.79. The Morgan fingerprint density at radius 1 is 1.07 bits per heavy atom. The molecule has 4 aromatic rings. The molecule has 0 aliphatic carbocycles. The van der Waals surface area contributed by atoms with Crippen molar-refractivity contribution in [3.63, 3.8) is 0 Å². The summed E-state index contributed by atoms with van der Waals surface area (Å²) in [5, 5.41) is 0. The number of H-pyrrole nitrogens is 1. The van der Waals surface area contributed by atoms with Crippen molar-refractivity contribution in [3.05, 3.63) is 72.4 Å². The van der Waals surface area contributed by atoms with E-state index in [0.717, 1.165) is 28.2 Å². The molecule has 1 aliphatic heterocycles. The number of hydrogen-bond donors (Lipinski definition) is 3. The summed E-state index contributed by atoms with van der Waals surface area (Å²) in [6.45, 7) is 2.03. The van der Waals surface area contributed by atoms with Crippen molar-refractivity contribution in [2.45, 2.75) is 19.1 Å². The van der Waals surface area contributed by atoms with Crippen molar-refractivity contribution < 1.29 is 0 Å². The zero-order chi connectivity index (χ0) is 19.3. The van der Waals surface area contributed by atoms with Crippen molar-refractivity contribution in [1.82, 2.24) is 24.4 Å². The van der Waals surface area contributed by atoms with Gasteiger partial charge in [-0.15, -0.1) is 0 Å². The second-order valence-corrected chi connectivity index (χ2v) is 6.77. The van der Waals surface area contributed by atoms with E-state index in [1.165, 1.54) is 0 Å². The number of nitrogens with two attached hydrogens (primary N) is 2. The molecule has 2 aromatic carbocycles. The van der Waals surface area contributed by atoms with E-state index in [2.05, 4.69) is 37.7 Å². The first-order chi connectivity index (χ1) is 13.6. The lowest BCUT2D eigenvalue weighted by atomic mass is 10.2. The molecule has 3 heterocycles. The summed E-state index contributed by atoms with van der Waals surface area (Å²) < 4.78 is 2.14. The van der Waals surface area contributed by atoms with E-state index in [4.69, 9.17) is 16.5 Å². The average Bonchev–Trinajstić information content (AvgIpc) is 3.33. The van der Waals surface area contributed by atoms with E-state index in [-0.39, 0.29) is 6.04 Å². The molecule has 28 heavy (non-hydrogen) atoms. The van der Waals surface area contributed by atoms with Gasteiger partial charge in [-0.2, -0.15) is 4.99 Å². The van der Waals surface area contributed by atoms with Crippen LogP contribution in [-0.4, -0.2) is 30.4 Å². The number of nitrogens with one attached hydrogen (secondary N) is 1. The topological polar surface area (TPSA) is 114 Å². The van der Waals surface area contributed by atoms with Crippen LogP contribution in [0.1, 0.15) is 30.6 Å². The third-order valence-corrected chi connectivity index (χ3v) is 5.12. The second-order valence-electron chi connectivity index (χ2n) is 6.77. The zero-order valence-corrected chi connectivity index (χ0v) is 15.3. The van der Waals surface area contributed by atoms with Gasteiger partial charge in [0, 0.05) is 5.69 Å². The summed E-state index contributed by atoms with van der Waals surface area (Å²) >= 11 is 0. The number of fused-ring (bicyclic) bond motifs is 2. The highest BCUT2D eigenvalue weighted by atomic mass is 15.4. The number of hydrogen-bond acceptors (Lipinski definition) is 6. The largest absolute Gasteiger partial charge is 0.369 e. The van der Waals surface area contributed by atoms with Crippen molar-refractivity contribution in [1.29, 1.82) is 0 Å². The summed E-state index contributed by atoms with van der Waals surface area (Å²) in [6, 6.07) is 18.0. The number of guanidine groups is 1. The summed E-state index contributed by atoms with van der Waals surface area (Å²) in [7, 11) is 0. The van der Waals surface area contributed by atoms with Crippen LogP contribution < -0.4 is 11.5 Å². The molecule has 1 aliphatic rings. The van der Waals surface area contributed by atoms with Gasteiger partial charge < -0.3 is 21.4 Å². The van der Waals surface area contributed by atoms with Gasteiger partial charge in [-0.05, 0) is 31.2 Å². The van der Waals surface area contributed by atoms with Gasteiger partial charge in [0.15, 0.2) is 11.8 Å². The third-order valence-electron chi connectivity index (χ3n) is 5.12. The summed E-state index contributed by atoms with van der Waals surface area (Å²) in [4.78, 5) is 18.4. The Bertz CT molecular complexity index is 1170. The number of para-hydroxylation sites is 3. The minimum Gasteiger partial charge on any atom is -0.369 e. The summed E-state index contributed by atoms with van der Waals surface area (Å²) in [5.74, 6) is 1.69. The van der Waals surface area contributed by atoms with Crippen LogP contribution in [0.15, 0.2) is 65.9 Å². The molecule has 0 bridgehead atoms. The van der Waals surface area contributed by atoms with E-state index in [9.17, 15) is 0 Å². The van der Waals surface area contributed by atoms with E-state index in [0.29, 0.717) is 11.8 Å². The monoisotopic (exact) mass is 372 g/mol. The van der Waals surface area contributed by atoms with E-state index >= 15 is 0 Å². The van der Waals surface area contributed by atoms with Crippen LogP contribution in [0.25, 0.3) is 16.7 Å². The van der Waals surface area contributed by atoms with Gasteiger partial charge >= 0.3 is 0 Å². The molecule has 2 aromatic heterocycles. The molecule has 0 spiro atoms. The number of rotatable bonds is 3. The Morgan fingerprint density at radius 3 is 2.64 bits per heavy atom. The maximum Gasteiger partial charge on any atom is 0.200 e. The van der Waals surface area contributed by atoms with Crippen molar-refractivity contribution in [2.24, 2.45) is 16.5 Å². The second kappa shape index (κ2) is 6.21. The molecule has 5 N–H and O–H groups in total. The van der Waals surface area contributed by atoms with Gasteiger partial charge in [0.2, 0.25) is 0 Å². The number of aromatic nitrogens is 4. The first-order valence-electron chi connectivity index (χ1n) is 9.09. The van der Waals surface area contributed by atoms with Gasteiger partial charge in [-0.25, -0.2) is 9.97 Å². The molecule has 2 unspecified atom stereocenters. The minimum absolute atomic E-state index is 0.220. The van der Waals surface area contributed by atoms with Gasteiger partial charge in [0.05, 0.1) is 29.1 Å². The molecular formula is C20H20N8. The predicted octanol–water partition coefficient (Wildman–Crippen LogP) is 2.73. The first-order valence-corrected chi connectivity index (χ1v) is 9.09. The number of aromatic amines is 1. The van der Waals surface area contributed by atoms with E-state index in [1.54, 1.807) is 6.33 Å². The summed E-state index contributed by atoms with van der Waals surface area (Å²) in [6.07, 6.45) is 1.09. The van der Waals surface area contributed by atoms with Crippen LogP contribution in [0, 0.1) is 0 Å². The van der Waals surface area contributed by atoms with Crippen LogP contribution in [0.5, 0.6) is 0 Å². The molecule has 0 amide bonds. The Balaban J connectivity index is 1.67. The highest BCUT2D eigenvalue weighted by Crippen LogP contribution is 2.35. The van der Waals surface area contributed by atoms with Gasteiger partial charge in [-0.3, -0.25) is 4.57 Å². The van der Waals surface area contributed by atoms with Crippen LogP contribution in [0.3, 0.4) is 0 Å². The molecule has 0 radical (unpaired) electrons. The normalized spacial score (nSPS) is 17.4. The molecule has 8 nitrogen and oxygen atoms in total. The molecule has 8 heteroatoms. The lowest BCUT2D eigenvalue weighted by Crippen LogP contribution is -2.47. The molecule has 0 saturated heterocycles. The van der Waals surface area contributed by atoms with Crippen LogP contribution in [0.4, 0.5) is 5.82 Å². The Kier molecular flexibility index (Phi) is 3.66. The lowest BCUT2D eigenvalue weighted by Gasteiger charge is -2.36. The third kappa shape index (κ3) is 2.39. The quantitative estimate of drug-likeness (QED) is 0.512. The SMILES string of the molecule is CC(c1nc2ccccc2n1-c1ccccc1)N1C(N)=Nc2nc[nH]c2C1N. The highest BCUT2D eigenvalue weighted by molar-refractivity contribution is 5.84. The van der Waals surface area contributed by atoms with Gasteiger partial charge in [0.25, 0.3) is 0 Å². The van der Waals surface area contributed by atoms with Gasteiger partial charge in [0.1, 0.15) is 12.0 Å². The molecule has 140 valence electrons.